The summed E-state index contributed by atoms with van der Waals surface area (Å²) in [6.45, 7) is 0.935. The topological polar surface area (TPSA) is 82.3 Å². The lowest BCUT2D eigenvalue weighted by atomic mass is 10.2. The van der Waals surface area contributed by atoms with E-state index in [2.05, 4.69) is 20.5 Å². The Kier molecular flexibility index (Phi) is 3.36. The van der Waals surface area contributed by atoms with Crippen molar-refractivity contribution in [1.29, 1.82) is 0 Å². The summed E-state index contributed by atoms with van der Waals surface area (Å²) in [6, 6.07) is 7.85. The quantitative estimate of drug-likeness (QED) is 0.792. The van der Waals surface area contributed by atoms with Crippen molar-refractivity contribution in [3.63, 3.8) is 0 Å². The molecule has 8 heteroatoms. The van der Waals surface area contributed by atoms with E-state index < -0.39 is 6.10 Å². The number of para-hydroxylation sites is 2. The molecule has 0 unspecified atom stereocenters. The van der Waals surface area contributed by atoms with Crippen molar-refractivity contribution in [1.82, 2.24) is 15.2 Å². The number of anilines is 1. The van der Waals surface area contributed by atoms with Crippen molar-refractivity contribution in [2.75, 3.05) is 11.9 Å². The second-order valence-electron chi connectivity index (χ2n) is 4.63. The lowest BCUT2D eigenvalue weighted by Crippen LogP contribution is -2.21. The molecule has 0 amide bonds. The maximum atomic E-state index is 5.82. The van der Waals surface area contributed by atoms with Gasteiger partial charge >= 0.3 is 6.01 Å². The van der Waals surface area contributed by atoms with Gasteiger partial charge in [-0.05, 0) is 12.1 Å². The molecule has 1 aromatic carbocycles. The van der Waals surface area contributed by atoms with Crippen molar-refractivity contribution >= 4 is 17.4 Å². The van der Waals surface area contributed by atoms with E-state index in [9.17, 15) is 0 Å². The molecule has 0 saturated heterocycles. The summed E-state index contributed by atoms with van der Waals surface area (Å²) in [5, 5.41) is 11.0. The van der Waals surface area contributed by atoms with Gasteiger partial charge in [0.1, 0.15) is 6.61 Å². The van der Waals surface area contributed by atoms with Gasteiger partial charge in [-0.15, -0.1) is 16.4 Å². The lowest BCUT2D eigenvalue weighted by molar-refractivity contribution is 0.0717. The zero-order chi connectivity index (χ0) is 14.8. The number of hydrogen-bond acceptors (Lipinski definition) is 8. The molecule has 1 N–H and O–H groups in total. The van der Waals surface area contributed by atoms with Crippen LogP contribution in [0.1, 0.15) is 16.9 Å². The maximum absolute atomic E-state index is 5.82. The van der Waals surface area contributed by atoms with E-state index in [1.54, 1.807) is 23.0 Å². The molecule has 1 aliphatic rings. The Labute approximate surface area is 129 Å². The van der Waals surface area contributed by atoms with Crippen molar-refractivity contribution in [2.24, 2.45) is 0 Å². The van der Waals surface area contributed by atoms with Crippen LogP contribution in [0.4, 0.5) is 6.01 Å². The first-order valence-corrected chi connectivity index (χ1v) is 7.59. The largest absolute Gasteiger partial charge is 0.485 e. The van der Waals surface area contributed by atoms with Gasteiger partial charge in [0.25, 0.3) is 5.89 Å². The van der Waals surface area contributed by atoms with Gasteiger partial charge in [0.05, 0.1) is 12.1 Å². The minimum atomic E-state index is -0.402. The van der Waals surface area contributed by atoms with Crippen LogP contribution in [0.3, 0.4) is 0 Å². The van der Waals surface area contributed by atoms with E-state index >= 15 is 0 Å². The smallest absolute Gasteiger partial charge is 0.315 e. The molecule has 4 rings (SSSR count). The number of benzene rings is 1. The van der Waals surface area contributed by atoms with Crippen LogP contribution in [0.2, 0.25) is 0 Å². The maximum Gasteiger partial charge on any atom is 0.315 e. The zero-order valence-electron chi connectivity index (χ0n) is 11.4. The fourth-order valence-electron chi connectivity index (χ4n) is 2.07. The first kappa shape index (κ1) is 13.1. The van der Waals surface area contributed by atoms with Crippen LogP contribution in [-0.2, 0) is 6.54 Å². The molecular formula is C14H12N4O3S. The highest BCUT2D eigenvalue weighted by Gasteiger charge is 2.27. The summed E-state index contributed by atoms with van der Waals surface area (Å²) in [7, 11) is 0. The average Bonchev–Trinajstić information content (AvgIpc) is 3.24. The first-order chi connectivity index (χ1) is 10.9. The number of nitrogens with one attached hydrogen (secondary N) is 1. The second kappa shape index (κ2) is 5.64. The van der Waals surface area contributed by atoms with Crippen molar-refractivity contribution < 1.29 is 13.9 Å². The average molecular weight is 316 g/mol. The van der Waals surface area contributed by atoms with Crippen LogP contribution in [0.25, 0.3) is 0 Å². The van der Waals surface area contributed by atoms with Crippen LogP contribution < -0.4 is 14.8 Å². The Hall–Kier alpha value is -2.61. The number of fused-ring (bicyclic) bond motifs is 1. The molecule has 0 spiro atoms. The van der Waals surface area contributed by atoms with Gasteiger partial charge in [0.15, 0.2) is 11.5 Å². The number of rotatable bonds is 4. The van der Waals surface area contributed by atoms with Crippen LogP contribution >= 0.6 is 11.3 Å². The Balaban J connectivity index is 1.44. The Morgan fingerprint density at radius 3 is 3.00 bits per heavy atom. The van der Waals surface area contributed by atoms with Crippen LogP contribution in [0.15, 0.2) is 40.4 Å². The Morgan fingerprint density at radius 2 is 2.14 bits per heavy atom. The molecule has 7 nitrogen and oxygen atoms in total. The number of aromatic nitrogens is 3. The molecule has 0 bridgehead atoms. The number of nitrogens with zero attached hydrogens (tertiary/aromatic N) is 3. The molecule has 3 aromatic rings. The second-order valence-corrected chi connectivity index (χ2v) is 5.60. The predicted octanol–water partition coefficient (Wildman–Crippen LogP) is 2.65. The van der Waals surface area contributed by atoms with Gasteiger partial charge in [-0.3, -0.25) is 4.98 Å². The van der Waals surface area contributed by atoms with Gasteiger partial charge in [-0.25, -0.2) is 0 Å². The van der Waals surface area contributed by atoms with Crippen molar-refractivity contribution in [3.05, 3.63) is 46.7 Å². The van der Waals surface area contributed by atoms with Crippen molar-refractivity contribution in [3.8, 4) is 11.5 Å². The molecule has 2 aromatic heterocycles. The standard InChI is InChI=1S/C14H12N4O3S/c1-2-4-11-10(3-1)19-7-12(20-11)13-17-18-14(21-13)16-6-9-5-15-8-22-9/h1-5,8,12H,6-7H2,(H,16,18)/t12-/m0/s1. The molecule has 1 atom stereocenters. The summed E-state index contributed by atoms with van der Waals surface area (Å²) in [4.78, 5) is 5.10. The minimum Gasteiger partial charge on any atom is -0.485 e. The van der Waals surface area contributed by atoms with E-state index in [1.807, 2.05) is 24.3 Å². The molecule has 112 valence electrons. The lowest BCUT2D eigenvalue weighted by Gasteiger charge is -2.23. The highest BCUT2D eigenvalue weighted by atomic mass is 32.1. The van der Waals surface area contributed by atoms with E-state index in [1.165, 1.54) is 0 Å². The summed E-state index contributed by atoms with van der Waals surface area (Å²) < 4.78 is 17.0. The van der Waals surface area contributed by atoms with Gasteiger partial charge < -0.3 is 19.2 Å². The summed E-state index contributed by atoms with van der Waals surface area (Å²) in [5.74, 6) is 1.79. The zero-order valence-corrected chi connectivity index (χ0v) is 12.2. The van der Waals surface area contributed by atoms with Gasteiger partial charge in [0.2, 0.25) is 6.10 Å². The highest BCUT2D eigenvalue weighted by molar-refractivity contribution is 7.09. The van der Waals surface area contributed by atoms with E-state index in [0.717, 1.165) is 10.6 Å². The SMILES string of the molecule is c1ccc2c(c1)OC[C@@H](c1nnc(NCc3cncs3)o1)O2. The molecule has 0 saturated carbocycles. The first-order valence-electron chi connectivity index (χ1n) is 6.71. The normalized spacial score (nSPS) is 16.5. The summed E-state index contributed by atoms with van der Waals surface area (Å²) in [6.07, 6.45) is 1.39. The third kappa shape index (κ3) is 2.60. The molecule has 1 aliphatic heterocycles. The highest BCUT2D eigenvalue weighted by Crippen LogP contribution is 2.35. The third-order valence-electron chi connectivity index (χ3n) is 3.12. The number of ether oxygens (including phenoxy) is 2. The van der Waals surface area contributed by atoms with E-state index in [4.69, 9.17) is 13.9 Å². The van der Waals surface area contributed by atoms with Crippen LogP contribution in [0, 0.1) is 0 Å². The van der Waals surface area contributed by atoms with Crippen LogP contribution in [-0.4, -0.2) is 21.8 Å². The van der Waals surface area contributed by atoms with E-state index in [-0.39, 0.29) is 0 Å². The monoisotopic (exact) mass is 316 g/mol. The molecule has 0 aliphatic carbocycles. The van der Waals surface area contributed by atoms with Gasteiger partial charge in [-0.1, -0.05) is 17.2 Å². The molecule has 0 radical (unpaired) electrons. The minimum absolute atomic E-state index is 0.341. The molecular weight excluding hydrogens is 304 g/mol. The third-order valence-corrected chi connectivity index (χ3v) is 3.90. The van der Waals surface area contributed by atoms with Crippen LogP contribution in [0.5, 0.6) is 11.5 Å². The molecule has 22 heavy (non-hydrogen) atoms. The number of hydrogen-bond donors (Lipinski definition) is 1. The summed E-state index contributed by atoms with van der Waals surface area (Å²) >= 11 is 1.56. The fourth-order valence-corrected chi connectivity index (χ4v) is 2.60. The van der Waals surface area contributed by atoms with Gasteiger partial charge in [-0.2, -0.15) is 0 Å². The fraction of sp³-hybridized carbons (Fsp3) is 0.214. The van der Waals surface area contributed by atoms with Crippen molar-refractivity contribution in [2.45, 2.75) is 12.6 Å². The molecule has 0 fully saturated rings. The van der Waals surface area contributed by atoms with Gasteiger partial charge in [0, 0.05) is 11.1 Å². The predicted molar refractivity (Wildman–Crippen MR) is 79.0 cm³/mol. The number of thiazole rings is 1. The molecule has 3 heterocycles. The summed E-state index contributed by atoms with van der Waals surface area (Å²) in [5.41, 5.74) is 1.78. The Morgan fingerprint density at radius 1 is 1.23 bits per heavy atom. The van der Waals surface area contributed by atoms with E-state index in [0.29, 0.717) is 30.8 Å². The Bertz CT molecular complexity index is 759.